The lowest BCUT2D eigenvalue weighted by Gasteiger charge is -2.21. The van der Waals surface area contributed by atoms with Crippen molar-refractivity contribution in [1.82, 2.24) is 30.0 Å². The van der Waals surface area contributed by atoms with Crippen LogP contribution in [0.1, 0.15) is 17.8 Å². The van der Waals surface area contributed by atoms with Crippen molar-refractivity contribution < 1.29 is 4.79 Å². The average Bonchev–Trinajstić information content (AvgIpc) is 3.01. The van der Waals surface area contributed by atoms with Crippen LogP contribution in [0.3, 0.4) is 0 Å². The minimum absolute atomic E-state index is 0.193. The van der Waals surface area contributed by atoms with Gasteiger partial charge in [0.05, 0.1) is 0 Å². The standard InChI is InChI=1S/C19H22N8O/c28-19(23-17-22-16(24-25-17)14-15-6-2-1-3-7-15)27-11-5-10-26(12-13-27)18-20-8-4-9-21-18/h1-4,6-9H,5,10-14H2,(H2,22,23,24,25,28). The van der Waals surface area contributed by atoms with Crippen LogP contribution < -0.4 is 10.2 Å². The van der Waals surface area contributed by atoms with Crippen LogP contribution in [0.15, 0.2) is 48.8 Å². The summed E-state index contributed by atoms with van der Waals surface area (Å²) < 4.78 is 0. The molecule has 0 saturated carbocycles. The Morgan fingerprint density at radius 3 is 2.68 bits per heavy atom. The van der Waals surface area contributed by atoms with E-state index in [1.165, 1.54) is 0 Å². The number of benzene rings is 1. The van der Waals surface area contributed by atoms with Gasteiger partial charge >= 0.3 is 6.03 Å². The molecule has 1 aliphatic rings. The molecule has 9 heteroatoms. The van der Waals surface area contributed by atoms with Crippen LogP contribution in [-0.2, 0) is 6.42 Å². The fourth-order valence-electron chi connectivity index (χ4n) is 3.17. The maximum Gasteiger partial charge on any atom is 0.324 e. The molecule has 2 amide bonds. The minimum Gasteiger partial charge on any atom is -0.339 e. The van der Waals surface area contributed by atoms with E-state index in [1.54, 1.807) is 23.4 Å². The van der Waals surface area contributed by atoms with Gasteiger partial charge in [-0.15, -0.1) is 5.10 Å². The Morgan fingerprint density at radius 2 is 1.86 bits per heavy atom. The first-order valence-electron chi connectivity index (χ1n) is 9.31. The smallest absolute Gasteiger partial charge is 0.324 e. The van der Waals surface area contributed by atoms with Gasteiger partial charge in [-0.3, -0.25) is 10.4 Å². The van der Waals surface area contributed by atoms with Gasteiger partial charge in [0.25, 0.3) is 0 Å². The molecule has 0 atom stereocenters. The SMILES string of the molecule is O=C(Nc1n[nH]c(Cc2ccccc2)n1)N1CCCN(c2ncccn2)CC1. The van der Waals surface area contributed by atoms with E-state index in [9.17, 15) is 4.79 Å². The molecule has 9 nitrogen and oxygen atoms in total. The monoisotopic (exact) mass is 378 g/mol. The highest BCUT2D eigenvalue weighted by atomic mass is 16.2. The van der Waals surface area contributed by atoms with Crippen LogP contribution in [-0.4, -0.2) is 62.3 Å². The number of aromatic amines is 1. The number of nitrogens with zero attached hydrogens (tertiary/aromatic N) is 6. The zero-order valence-electron chi connectivity index (χ0n) is 15.5. The topological polar surface area (TPSA) is 103 Å². The summed E-state index contributed by atoms with van der Waals surface area (Å²) in [6.45, 7) is 2.75. The number of hydrogen-bond acceptors (Lipinski definition) is 6. The number of H-pyrrole nitrogens is 1. The number of amides is 2. The van der Waals surface area contributed by atoms with E-state index in [1.807, 2.05) is 30.3 Å². The molecule has 1 aromatic carbocycles. The van der Waals surface area contributed by atoms with Crippen LogP contribution in [0.25, 0.3) is 0 Å². The molecule has 4 rings (SSSR count). The lowest BCUT2D eigenvalue weighted by Crippen LogP contribution is -2.38. The van der Waals surface area contributed by atoms with Gasteiger partial charge < -0.3 is 9.80 Å². The molecule has 1 saturated heterocycles. The molecule has 144 valence electrons. The van der Waals surface area contributed by atoms with E-state index in [2.05, 4.69) is 35.4 Å². The lowest BCUT2D eigenvalue weighted by molar-refractivity contribution is 0.215. The van der Waals surface area contributed by atoms with E-state index in [0.29, 0.717) is 43.8 Å². The van der Waals surface area contributed by atoms with Crippen molar-refractivity contribution >= 4 is 17.9 Å². The molecule has 3 aromatic rings. The average molecular weight is 378 g/mol. The summed E-state index contributed by atoms with van der Waals surface area (Å²) in [6.07, 6.45) is 4.94. The minimum atomic E-state index is -0.193. The van der Waals surface area contributed by atoms with Crippen LogP contribution >= 0.6 is 0 Å². The van der Waals surface area contributed by atoms with Gasteiger partial charge in [-0.05, 0) is 18.1 Å². The van der Waals surface area contributed by atoms with E-state index in [4.69, 9.17) is 0 Å². The number of hydrogen-bond donors (Lipinski definition) is 2. The Balaban J connectivity index is 1.32. The summed E-state index contributed by atoms with van der Waals surface area (Å²) in [4.78, 5) is 29.4. The number of aromatic nitrogens is 5. The Morgan fingerprint density at radius 1 is 1.04 bits per heavy atom. The maximum absolute atomic E-state index is 12.6. The predicted molar refractivity (Wildman–Crippen MR) is 105 cm³/mol. The normalized spacial score (nSPS) is 14.6. The van der Waals surface area contributed by atoms with Gasteiger partial charge in [0.1, 0.15) is 5.82 Å². The lowest BCUT2D eigenvalue weighted by atomic mass is 10.1. The summed E-state index contributed by atoms with van der Waals surface area (Å²) in [5, 5.41) is 9.78. The molecule has 0 aliphatic carbocycles. The molecule has 0 radical (unpaired) electrons. The van der Waals surface area contributed by atoms with Crippen molar-refractivity contribution in [2.75, 3.05) is 36.4 Å². The summed E-state index contributed by atoms with van der Waals surface area (Å²) >= 11 is 0. The van der Waals surface area contributed by atoms with Gasteiger partial charge in [-0.1, -0.05) is 30.3 Å². The van der Waals surface area contributed by atoms with Gasteiger partial charge in [-0.25, -0.2) is 14.8 Å². The van der Waals surface area contributed by atoms with Crippen molar-refractivity contribution in [3.63, 3.8) is 0 Å². The van der Waals surface area contributed by atoms with Crippen LogP contribution in [0.2, 0.25) is 0 Å². The number of nitrogens with one attached hydrogen (secondary N) is 2. The van der Waals surface area contributed by atoms with Crippen LogP contribution in [0.4, 0.5) is 16.7 Å². The zero-order chi connectivity index (χ0) is 19.2. The van der Waals surface area contributed by atoms with Crippen molar-refractivity contribution in [2.24, 2.45) is 0 Å². The van der Waals surface area contributed by atoms with E-state index < -0.39 is 0 Å². The molecular weight excluding hydrogens is 356 g/mol. The molecule has 0 spiro atoms. The number of anilines is 2. The molecule has 0 unspecified atom stereocenters. The second-order valence-electron chi connectivity index (χ2n) is 6.57. The Bertz CT molecular complexity index is 899. The number of rotatable bonds is 4. The summed E-state index contributed by atoms with van der Waals surface area (Å²) in [5.74, 6) is 1.71. The fraction of sp³-hybridized carbons (Fsp3) is 0.316. The number of urea groups is 1. The van der Waals surface area contributed by atoms with E-state index in [-0.39, 0.29) is 6.03 Å². The molecule has 0 bridgehead atoms. The van der Waals surface area contributed by atoms with Gasteiger partial charge in [0.15, 0.2) is 0 Å². The first-order valence-corrected chi connectivity index (χ1v) is 9.31. The Kier molecular flexibility index (Phi) is 5.41. The third-order valence-electron chi connectivity index (χ3n) is 4.58. The van der Waals surface area contributed by atoms with Gasteiger partial charge in [-0.2, -0.15) is 4.98 Å². The first kappa shape index (κ1) is 17.9. The highest BCUT2D eigenvalue weighted by Crippen LogP contribution is 2.12. The molecular formula is C19H22N8O. The molecule has 2 aromatic heterocycles. The van der Waals surface area contributed by atoms with Crippen molar-refractivity contribution in [3.05, 3.63) is 60.2 Å². The Labute approximate surface area is 162 Å². The second-order valence-corrected chi connectivity index (χ2v) is 6.57. The highest BCUT2D eigenvalue weighted by molar-refractivity contribution is 5.87. The summed E-state index contributed by atoms with van der Waals surface area (Å²) in [5.41, 5.74) is 1.13. The molecule has 28 heavy (non-hydrogen) atoms. The van der Waals surface area contributed by atoms with Crippen molar-refractivity contribution in [2.45, 2.75) is 12.8 Å². The van der Waals surface area contributed by atoms with Crippen LogP contribution in [0, 0.1) is 0 Å². The Hall–Kier alpha value is -3.49. The molecule has 2 N–H and O–H groups in total. The van der Waals surface area contributed by atoms with E-state index >= 15 is 0 Å². The van der Waals surface area contributed by atoms with Crippen LogP contribution in [0.5, 0.6) is 0 Å². The molecule has 1 aliphatic heterocycles. The highest BCUT2D eigenvalue weighted by Gasteiger charge is 2.21. The van der Waals surface area contributed by atoms with Gasteiger partial charge in [0, 0.05) is 45.0 Å². The number of carbonyl (C=O) groups excluding carboxylic acids is 1. The number of carbonyl (C=O) groups is 1. The van der Waals surface area contributed by atoms with E-state index in [0.717, 1.165) is 18.5 Å². The summed E-state index contributed by atoms with van der Waals surface area (Å²) in [7, 11) is 0. The maximum atomic E-state index is 12.6. The van der Waals surface area contributed by atoms with Crippen molar-refractivity contribution in [1.29, 1.82) is 0 Å². The van der Waals surface area contributed by atoms with Crippen molar-refractivity contribution in [3.8, 4) is 0 Å². The largest absolute Gasteiger partial charge is 0.339 e. The molecule has 3 heterocycles. The summed E-state index contributed by atoms with van der Waals surface area (Å²) in [6, 6.07) is 11.6. The second kappa shape index (κ2) is 8.47. The quantitative estimate of drug-likeness (QED) is 0.719. The first-order chi connectivity index (χ1) is 13.8. The fourth-order valence-corrected chi connectivity index (χ4v) is 3.17. The third-order valence-corrected chi connectivity index (χ3v) is 4.58. The zero-order valence-corrected chi connectivity index (χ0v) is 15.5. The molecule has 1 fully saturated rings. The van der Waals surface area contributed by atoms with Gasteiger partial charge in [0.2, 0.25) is 11.9 Å². The predicted octanol–water partition coefficient (Wildman–Crippen LogP) is 1.93. The third kappa shape index (κ3) is 4.43.